The maximum Gasteiger partial charge on any atom is 0.324 e. The smallest absolute Gasteiger partial charge is 0.324 e. The number of nitrogens with one attached hydrogen (secondary N) is 2. The first kappa shape index (κ1) is 22.4. The largest absolute Gasteiger partial charge is 0.392 e. The number of fused-ring (bicyclic) bond motifs is 1. The molecule has 1 heterocycles. The Morgan fingerprint density at radius 2 is 1.88 bits per heavy atom. The summed E-state index contributed by atoms with van der Waals surface area (Å²) in [6.07, 6.45) is 2.65. The van der Waals surface area contributed by atoms with Crippen molar-refractivity contribution in [2.75, 3.05) is 10.6 Å². The number of amides is 2. The van der Waals surface area contributed by atoms with Gasteiger partial charge in [-0.25, -0.2) is 18.3 Å². The fraction of sp³-hybridized carbons (Fsp3) is 0.200. The average Bonchev–Trinajstić information content (AvgIpc) is 3.21. The van der Waals surface area contributed by atoms with Crippen LogP contribution in [0.2, 0.25) is 0 Å². The van der Waals surface area contributed by atoms with Crippen molar-refractivity contribution < 1.29 is 18.7 Å². The lowest BCUT2D eigenvalue weighted by Gasteiger charge is -2.13. The van der Waals surface area contributed by atoms with E-state index in [9.17, 15) is 18.7 Å². The number of anilines is 2. The van der Waals surface area contributed by atoms with Crippen molar-refractivity contribution in [3.63, 3.8) is 0 Å². The Labute approximate surface area is 189 Å². The van der Waals surface area contributed by atoms with Gasteiger partial charge in [-0.2, -0.15) is 5.10 Å². The van der Waals surface area contributed by atoms with Crippen molar-refractivity contribution in [3.05, 3.63) is 83.6 Å². The van der Waals surface area contributed by atoms with Crippen LogP contribution < -0.4 is 10.6 Å². The second-order valence-electron chi connectivity index (χ2n) is 7.72. The molecule has 170 valence electrons. The Morgan fingerprint density at radius 1 is 1.06 bits per heavy atom. The van der Waals surface area contributed by atoms with Gasteiger partial charge in [-0.1, -0.05) is 37.6 Å². The number of aryl methyl sites for hydroxylation is 1. The summed E-state index contributed by atoms with van der Waals surface area (Å²) in [5.74, 6) is -1.21. The zero-order valence-corrected chi connectivity index (χ0v) is 18.1. The van der Waals surface area contributed by atoms with Gasteiger partial charge in [-0.3, -0.25) is 5.32 Å². The number of aliphatic hydroxyl groups excluding tert-OH is 1. The third-order valence-electron chi connectivity index (χ3n) is 5.31. The van der Waals surface area contributed by atoms with Gasteiger partial charge in [0.25, 0.3) is 0 Å². The van der Waals surface area contributed by atoms with E-state index < -0.39 is 17.7 Å². The predicted molar refractivity (Wildman–Crippen MR) is 125 cm³/mol. The molecule has 0 radical (unpaired) electrons. The number of urea groups is 1. The summed E-state index contributed by atoms with van der Waals surface area (Å²) in [5, 5.41) is 21.5. The summed E-state index contributed by atoms with van der Waals surface area (Å²) in [4.78, 5) is 12.6. The van der Waals surface area contributed by atoms with Crippen LogP contribution in [0.3, 0.4) is 0 Å². The molecule has 4 aromatic rings. The van der Waals surface area contributed by atoms with E-state index in [1.54, 1.807) is 10.7 Å². The molecule has 1 aromatic heterocycles. The Bertz CT molecular complexity index is 1300. The quantitative estimate of drug-likeness (QED) is 0.334. The molecule has 0 saturated carbocycles. The summed E-state index contributed by atoms with van der Waals surface area (Å²) < 4.78 is 28.7. The van der Waals surface area contributed by atoms with Gasteiger partial charge < -0.3 is 10.4 Å². The minimum atomic E-state index is -0.871. The standard InChI is InChI=1S/C25H24F2N4O2/c1-2-3-7-19-14-24(29-25(33)28-23-10-9-18(26)13-22(23)27)31(30-19)20-11-16-6-4-5-8-21(16)17(12-20)15-32/h4-6,8-14,32H,2-3,7,15H2,1H3,(H2,28,29,33). The Balaban J connectivity index is 1.69. The molecule has 3 N–H and O–H groups in total. The molecule has 8 heteroatoms. The number of aliphatic hydroxyl groups is 1. The lowest BCUT2D eigenvalue weighted by atomic mass is 10.0. The van der Waals surface area contributed by atoms with Gasteiger partial charge in [0.15, 0.2) is 0 Å². The number of carbonyl (C=O) groups excluding carboxylic acids is 1. The van der Waals surface area contributed by atoms with E-state index in [-0.39, 0.29) is 12.3 Å². The number of hydrogen-bond acceptors (Lipinski definition) is 3. The summed E-state index contributed by atoms with van der Waals surface area (Å²) in [5.41, 5.74) is 2.06. The minimum absolute atomic E-state index is 0.139. The first-order valence-electron chi connectivity index (χ1n) is 10.7. The maximum atomic E-state index is 13.9. The van der Waals surface area contributed by atoms with Crippen LogP contribution in [0, 0.1) is 11.6 Å². The molecule has 0 spiro atoms. The van der Waals surface area contributed by atoms with Crippen molar-refractivity contribution in [1.82, 2.24) is 9.78 Å². The van der Waals surface area contributed by atoms with Gasteiger partial charge in [0, 0.05) is 12.1 Å². The molecule has 0 saturated heterocycles. The van der Waals surface area contributed by atoms with Gasteiger partial charge >= 0.3 is 6.03 Å². The number of rotatable bonds is 7. The Kier molecular flexibility index (Phi) is 6.65. The van der Waals surface area contributed by atoms with E-state index in [1.165, 1.54) is 0 Å². The molecule has 6 nitrogen and oxygen atoms in total. The number of benzene rings is 3. The molecule has 0 bridgehead atoms. The lowest BCUT2D eigenvalue weighted by Crippen LogP contribution is -2.22. The molecule has 0 atom stereocenters. The van der Waals surface area contributed by atoms with E-state index in [4.69, 9.17) is 0 Å². The SMILES string of the molecule is CCCCc1cc(NC(=O)Nc2ccc(F)cc2F)n(-c2cc(CO)c3ccccc3c2)n1. The van der Waals surface area contributed by atoms with Crippen LogP contribution in [0.5, 0.6) is 0 Å². The minimum Gasteiger partial charge on any atom is -0.392 e. The van der Waals surface area contributed by atoms with Crippen LogP contribution in [0.4, 0.5) is 25.1 Å². The number of carbonyl (C=O) groups is 1. The molecule has 0 aliphatic heterocycles. The highest BCUT2D eigenvalue weighted by molar-refractivity contribution is 5.99. The van der Waals surface area contributed by atoms with Crippen molar-refractivity contribution in [1.29, 1.82) is 0 Å². The molecular weight excluding hydrogens is 426 g/mol. The highest BCUT2D eigenvalue weighted by Crippen LogP contribution is 2.26. The summed E-state index contributed by atoms with van der Waals surface area (Å²) >= 11 is 0. The molecular formula is C25H24F2N4O2. The number of unbranched alkanes of at least 4 members (excludes halogenated alkanes) is 1. The first-order chi connectivity index (χ1) is 16.0. The number of hydrogen-bond donors (Lipinski definition) is 3. The van der Waals surface area contributed by atoms with Crippen molar-refractivity contribution in [3.8, 4) is 5.69 Å². The van der Waals surface area contributed by atoms with E-state index in [1.807, 2.05) is 36.4 Å². The van der Waals surface area contributed by atoms with Crippen LogP contribution in [0.1, 0.15) is 31.0 Å². The number of halogens is 2. The highest BCUT2D eigenvalue weighted by atomic mass is 19.1. The maximum absolute atomic E-state index is 13.9. The molecule has 0 aliphatic carbocycles. The lowest BCUT2D eigenvalue weighted by molar-refractivity contribution is 0.262. The van der Waals surface area contributed by atoms with Gasteiger partial charge in [0.2, 0.25) is 0 Å². The van der Waals surface area contributed by atoms with Crippen LogP contribution in [-0.4, -0.2) is 20.9 Å². The fourth-order valence-electron chi connectivity index (χ4n) is 3.68. The topological polar surface area (TPSA) is 79.2 Å². The van der Waals surface area contributed by atoms with Crippen LogP contribution in [0.25, 0.3) is 16.5 Å². The van der Waals surface area contributed by atoms with Crippen molar-refractivity contribution >= 4 is 28.3 Å². The Morgan fingerprint density at radius 3 is 2.64 bits per heavy atom. The first-order valence-corrected chi connectivity index (χ1v) is 10.7. The number of aromatic nitrogens is 2. The highest BCUT2D eigenvalue weighted by Gasteiger charge is 2.15. The second kappa shape index (κ2) is 9.79. The van der Waals surface area contributed by atoms with Crippen LogP contribution in [0.15, 0.2) is 60.7 Å². The van der Waals surface area contributed by atoms with Crippen LogP contribution >= 0.6 is 0 Å². The van der Waals surface area contributed by atoms with E-state index in [0.717, 1.165) is 53.4 Å². The third-order valence-corrected chi connectivity index (χ3v) is 5.31. The fourth-order valence-corrected chi connectivity index (χ4v) is 3.68. The molecule has 0 fully saturated rings. The molecule has 3 aromatic carbocycles. The monoisotopic (exact) mass is 450 g/mol. The predicted octanol–water partition coefficient (Wildman–Crippen LogP) is 5.78. The third kappa shape index (κ3) is 5.01. The van der Waals surface area contributed by atoms with Gasteiger partial charge in [0.05, 0.1) is 23.7 Å². The van der Waals surface area contributed by atoms with Gasteiger partial charge in [-0.05, 0) is 53.4 Å². The normalized spacial score (nSPS) is 11.0. The average molecular weight is 450 g/mol. The molecule has 0 unspecified atom stereocenters. The molecule has 0 aliphatic rings. The molecule has 4 rings (SSSR count). The summed E-state index contributed by atoms with van der Waals surface area (Å²) in [6, 6.07) is 15.4. The molecule has 33 heavy (non-hydrogen) atoms. The number of nitrogens with zero attached hydrogens (tertiary/aromatic N) is 2. The summed E-state index contributed by atoms with van der Waals surface area (Å²) in [6.45, 7) is 1.93. The summed E-state index contributed by atoms with van der Waals surface area (Å²) in [7, 11) is 0. The van der Waals surface area contributed by atoms with Gasteiger partial charge in [0.1, 0.15) is 17.5 Å². The zero-order valence-electron chi connectivity index (χ0n) is 18.1. The Hall–Kier alpha value is -3.78. The van der Waals surface area contributed by atoms with Crippen LogP contribution in [-0.2, 0) is 13.0 Å². The van der Waals surface area contributed by atoms with Crippen molar-refractivity contribution in [2.45, 2.75) is 32.8 Å². The van der Waals surface area contributed by atoms with E-state index in [0.29, 0.717) is 17.6 Å². The van der Waals surface area contributed by atoms with Gasteiger partial charge in [-0.15, -0.1) is 0 Å². The van der Waals surface area contributed by atoms with E-state index in [2.05, 4.69) is 22.7 Å². The zero-order chi connectivity index (χ0) is 23.4. The van der Waals surface area contributed by atoms with Crippen molar-refractivity contribution in [2.24, 2.45) is 0 Å². The molecule has 2 amide bonds. The van der Waals surface area contributed by atoms with E-state index >= 15 is 0 Å². The second-order valence-corrected chi connectivity index (χ2v) is 7.72.